The molecule has 2 aromatic carbocycles. The van der Waals surface area contributed by atoms with E-state index in [-0.39, 0.29) is 4.90 Å². The molecule has 6 heteroatoms. The summed E-state index contributed by atoms with van der Waals surface area (Å²) in [6.07, 6.45) is 11.3. The third-order valence-corrected chi connectivity index (χ3v) is 7.55. The van der Waals surface area contributed by atoms with Gasteiger partial charge < -0.3 is 9.04 Å². The first-order valence-electron chi connectivity index (χ1n) is 12.4. The summed E-state index contributed by atoms with van der Waals surface area (Å²) in [6, 6.07) is 14.7. The van der Waals surface area contributed by atoms with Crippen molar-refractivity contribution in [2.24, 2.45) is 0 Å². The SMILES string of the molecule is CC=CC(c1ccc(Cl)cc1)[N+](CC)(CC)CCCCCCC.Cc1ccc(S(=O)(=O)[O-])cc1. The van der Waals surface area contributed by atoms with Crippen molar-refractivity contribution >= 4 is 21.7 Å². The van der Waals surface area contributed by atoms with Gasteiger partial charge in [-0.1, -0.05) is 73.7 Å². The molecule has 1 unspecified atom stereocenters. The lowest BCUT2D eigenvalue weighted by atomic mass is 10.00. The van der Waals surface area contributed by atoms with Gasteiger partial charge in [-0.3, -0.25) is 0 Å². The van der Waals surface area contributed by atoms with Gasteiger partial charge in [-0.25, -0.2) is 8.42 Å². The van der Waals surface area contributed by atoms with Crippen LogP contribution >= 0.6 is 11.6 Å². The van der Waals surface area contributed by atoms with Crippen LogP contribution in [0.15, 0.2) is 65.6 Å². The van der Waals surface area contributed by atoms with E-state index in [0.29, 0.717) is 6.04 Å². The highest BCUT2D eigenvalue weighted by atomic mass is 35.5. The molecule has 0 aliphatic rings. The summed E-state index contributed by atoms with van der Waals surface area (Å²) in [7, 11) is -4.27. The Labute approximate surface area is 213 Å². The average molecular weight is 508 g/mol. The van der Waals surface area contributed by atoms with Gasteiger partial charge in [0.15, 0.2) is 0 Å². The van der Waals surface area contributed by atoms with Crippen molar-refractivity contribution in [3.8, 4) is 0 Å². The van der Waals surface area contributed by atoms with Crippen LogP contribution in [-0.4, -0.2) is 37.1 Å². The minimum atomic E-state index is -4.27. The maximum absolute atomic E-state index is 10.4. The summed E-state index contributed by atoms with van der Waals surface area (Å²) in [6.45, 7) is 14.5. The maximum atomic E-state index is 10.4. The molecule has 0 saturated carbocycles. The lowest BCUT2D eigenvalue weighted by Crippen LogP contribution is -2.50. The number of quaternary nitrogens is 1. The van der Waals surface area contributed by atoms with Crippen molar-refractivity contribution in [1.29, 1.82) is 0 Å². The molecule has 0 saturated heterocycles. The number of likely N-dealkylation sites (N-methyl/N-ethyl adjacent to an activating group) is 1. The second kappa shape index (κ2) is 15.4. The van der Waals surface area contributed by atoms with E-state index in [4.69, 9.17) is 11.6 Å². The van der Waals surface area contributed by atoms with Gasteiger partial charge in [0.05, 0.1) is 24.5 Å². The third-order valence-electron chi connectivity index (χ3n) is 6.45. The van der Waals surface area contributed by atoms with Crippen LogP contribution in [0, 0.1) is 6.92 Å². The number of nitrogens with zero attached hydrogens (tertiary/aromatic N) is 1. The van der Waals surface area contributed by atoms with Gasteiger partial charge in [-0.15, -0.1) is 0 Å². The molecule has 0 spiro atoms. The highest BCUT2D eigenvalue weighted by Gasteiger charge is 2.32. The van der Waals surface area contributed by atoms with E-state index in [9.17, 15) is 13.0 Å². The fourth-order valence-electron chi connectivity index (χ4n) is 4.26. The summed E-state index contributed by atoms with van der Waals surface area (Å²) in [4.78, 5) is -0.178. The van der Waals surface area contributed by atoms with Crippen molar-refractivity contribution in [2.45, 2.75) is 77.7 Å². The number of unbranched alkanes of at least 4 members (excludes halogenated alkanes) is 4. The van der Waals surface area contributed by atoms with Crippen LogP contribution in [-0.2, 0) is 10.1 Å². The second-order valence-electron chi connectivity index (χ2n) is 8.78. The summed E-state index contributed by atoms with van der Waals surface area (Å²) in [5.74, 6) is 0. The van der Waals surface area contributed by atoms with Crippen LogP contribution in [0.1, 0.15) is 77.0 Å². The third kappa shape index (κ3) is 9.91. The summed E-state index contributed by atoms with van der Waals surface area (Å²) >= 11 is 6.08. The molecule has 0 bridgehead atoms. The number of hydrogen-bond donors (Lipinski definition) is 0. The van der Waals surface area contributed by atoms with Crippen LogP contribution in [0.25, 0.3) is 0 Å². The molecule has 0 N–H and O–H groups in total. The number of hydrogen-bond acceptors (Lipinski definition) is 3. The van der Waals surface area contributed by atoms with E-state index in [2.05, 4.69) is 52.0 Å². The van der Waals surface area contributed by atoms with Crippen molar-refractivity contribution in [1.82, 2.24) is 0 Å². The van der Waals surface area contributed by atoms with Crippen LogP contribution in [0.3, 0.4) is 0 Å². The van der Waals surface area contributed by atoms with Gasteiger partial charge in [-0.05, 0) is 70.9 Å². The Morgan fingerprint density at radius 2 is 1.47 bits per heavy atom. The molecule has 2 rings (SSSR count). The van der Waals surface area contributed by atoms with Gasteiger partial charge >= 0.3 is 0 Å². The maximum Gasteiger partial charge on any atom is 0.133 e. The molecule has 0 radical (unpaired) electrons. The normalized spacial score (nSPS) is 12.9. The van der Waals surface area contributed by atoms with Crippen LogP contribution in [0.2, 0.25) is 5.02 Å². The van der Waals surface area contributed by atoms with Crippen molar-refractivity contribution in [3.05, 3.63) is 76.8 Å². The first-order valence-corrected chi connectivity index (χ1v) is 14.2. The van der Waals surface area contributed by atoms with Gasteiger partial charge in [0.25, 0.3) is 0 Å². The molecule has 4 nitrogen and oxygen atoms in total. The predicted octanol–water partition coefficient (Wildman–Crippen LogP) is 7.68. The van der Waals surface area contributed by atoms with E-state index < -0.39 is 10.1 Å². The van der Waals surface area contributed by atoms with Crippen LogP contribution in [0.4, 0.5) is 0 Å². The average Bonchev–Trinajstić information content (AvgIpc) is 2.81. The molecule has 0 heterocycles. The molecule has 190 valence electrons. The van der Waals surface area contributed by atoms with Gasteiger partial charge in [-0.2, -0.15) is 0 Å². The lowest BCUT2D eigenvalue weighted by Gasteiger charge is -2.43. The van der Waals surface area contributed by atoms with E-state index >= 15 is 0 Å². The van der Waals surface area contributed by atoms with Gasteiger partial charge in [0, 0.05) is 10.6 Å². The van der Waals surface area contributed by atoms with Gasteiger partial charge in [0.2, 0.25) is 0 Å². The number of halogens is 1. The molecule has 0 aliphatic carbocycles. The molecule has 1 atom stereocenters. The monoisotopic (exact) mass is 507 g/mol. The molecular weight excluding hydrogens is 466 g/mol. The number of rotatable bonds is 12. The van der Waals surface area contributed by atoms with E-state index in [1.165, 1.54) is 69.4 Å². The summed E-state index contributed by atoms with van der Waals surface area (Å²) in [5, 5.41) is 0.818. The summed E-state index contributed by atoms with van der Waals surface area (Å²) < 4.78 is 32.3. The number of benzene rings is 2. The van der Waals surface area contributed by atoms with Crippen molar-refractivity contribution < 1.29 is 17.5 Å². The predicted molar refractivity (Wildman–Crippen MR) is 143 cm³/mol. The molecule has 34 heavy (non-hydrogen) atoms. The molecule has 2 aromatic rings. The van der Waals surface area contributed by atoms with E-state index in [0.717, 1.165) is 15.1 Å². The minimum Gasteiger partial charge on any atom is -0.744 e. The zero-order chi connectivity index (χ0) is 25.6. The van der Waals surface area contributed by atoms with E-state index in [1.807, 2.05) is 19.1 Å². The Morgan fingerprint density at radius 1 is 0.912 bits per heavy atom. The molecule has 0 aromatic heterocycles. The lowest BCUT2D eigenvalue weighted by molar-refractivity contribution is -0.948. The Bertz CT molecular complexity index is 950. The Kier molecular flexibility index (Phi) is 13.7. The van der Waals surface area contributed by atoms with E-state index in [1.54, 1.807) is 12.1 Å². The van der Waals surface area contributed by atoms with Crippen molar-refractivity contribution in [3.63, 3.8) is 0 Å². The second-order valence-corrected chi connectivity index (χ2v) is 10.6. The highest BCUT2D eigenvalue weighted by molar-refractivity contribution is 7.85. The fraction of sp³-hybridized carbons (Fsp3) is 0.500. The van der Waals surface area contributed by atoms with Crippen LogP contribution in [0.5, 0.6) is 0 Å². The molecule has 0 fully saturated rings. The van der Waals surface area contributed by atoms with Crippen molar-refractivity contribution in [2.75, 3.05) is 19.6 Å². The smallest absolute Gasteiger partial charge is 0.133 e. The largest absolute Gasteiger partial charge is 0.744 e. The topological polar surface area (TPSA) is 57.2 Å². The van der Waals surface area contributed by atoms with Crippen LogP contribution < -0.4 is 0 Å². The van der Waals surface area contributed by atoms with Gasteiger partial charge in [0.1, 0.15) is 16.2 Å². The summed E-state index contributed by atoms with van der Waals surface area (Å²) in [5.41, 5.74) is 2.31. The minimum absolute atomic E-state index is 0.178. The number of aryl methyl sites for hydroxylation is 1. The fourth-order valence-corrected chi connectivity index (χ4v) is 4.86. The Balaban J connectivity index is 0.000000437. The highest BCUT2D eigenvalue weighted by Crippen LogP contribution is 2.32. The first kappa shape index (κ1) is 30.4. The Morgan fingerprint density at radius 3 is 1.94 bits per heavy atom. The molecule has 0 aliphatic heterocycles. The quantitative estimate of drug-likeness (QED) is 0.128. The zero-order valence-electron chi connectivity index (χ0n) is 21.5. The first-order chi connectivity index (χ1) is 16.1. The molecular formula is C28H42ClNO3S. The molecule has 0 amide bonds. The Hall–Kier alpha value is -1.66. The zero-order valence-corrected chi connectivity index (χ0v) is 23.0. The number of allylic oxidation sites excluding steroid dienone is 1. The standard InChI is InChI=1S/C21H35ClN.C7H8O3S/c1-5-9-10-11-12-18-23(7-3,8-4)21(13-6-2)19-14-16-20(22)17-15-19;1-6-2-4-7(5-3-6)11(8,9)10/h6,13-17,21H,5,7-12,18H2,1-4H3;2-5H,1H3,(H,8,9,10)/q+1;/p-1.